The van der Waals surface area contributed by atoms with Gasteiger partial charge in [-0.05, 0) is 35.4 Å². The van der Waals surface area contributed by atoms with E-state index in [1.54, 1.807) is 48.5 Å². The van der Waals surface area contributed by atoms with Crippen molar-refractivity contribution in [1.29, 1.82) is 0 Å². The topological polar surface area (TPSA) is 76.0 Å². The van der Waals surface area contributed by atoms with Crippen molar-refractivity contribution in [3.63, 3.8) is 0 Å². The third-order valence-electron chi connectivity index (χ3n) is 3.74. The molecule has 2 aromatic rings. The summed E-state index contributed by atoms with van der Waals surface area (Å²) in [6, 6.07) is 13.3. The van der Waals surface area contributed by atoms with Gasteiger partial charge < -0.3 is 19.7 Å². The van der Waals surface area contributed by atoms with Gasteiger partial charge >= 0.3 is 5.97 Å². The lowest BCUT2D eigenvalue weighted by Crippen LogP contribution is -2.14. The Balaban J connectivity index is 1.95. The van der Waals surface area contributed by atoms with Crippen LogP contribution in [-0.4, -0.2) is 29.4 Å². The number of aromatic hydroxyl groups is 2. The van der Waals surface area contributed by atoms with Crippen molar-refractivity contribution < 1.29 is 24.5 Å². The van der Waals surface area contributed by atoms with Crippen molar-refractivity contribution in [3.8, 4) is 11.5 Å². The maximum absolute atomic E-state index is 12.0. The van der Waals surface area contributed by atoms with Gasteiger partial charge in [0.2, 0.25) is 5.76 Å². The van der Waals surface area contributed by atoms with Gasteiger partial charge in [-0.15, -0.1) is 0 Å². The number of carbonyl (C=O) groups is 1. The van der Waals surface area contributed by atoms with Gasteiger partial charge in [-0.2, -0.15) is 0 Å². The summed E-state index contributed by atoms with van der Waals surface area (Å²) < 4.78 is 10.6. The molecule has 2 aromatic carbocycles. The summed E-state index contributed by atoms with van der Waals surface area (Å²) in [7, 11) is 1.43. The zero-order valence-corrected chi connectivity index (χ0v) is 12.5. The lowest BCUT2D eigenvalue weighted by Gasteiger charge is -2.14. The van der Waals surface area contributed by atoms with Crippen molar-refractivity contribution in [2.75, 3.05) is 7.11 Å². The van der Waals surface area contributed by atoms with Crippen molar-refractivity contribution in [2.24, 2.45) is 0 Å². The van der Waals surface area contributed by atoms with Crippen molar-refractivity contribution in [2.45, 2.75) is 12.5 Å². The van der Waals surface area contributed by atoms with Crippen LogP contribution < -0.4 is 0 Å². The molecule has 118 valence electrons. The van der Waals surface area contributed by atoms with E-state index in [0.29, 0.717) is 12.0 Å². The van der Waals surface area contributed by atoms with Crippen LogP contribution >= 0.6 is 0 Å². The van der Waals surface area contributed by atoms with Gasteiger partial charge in [0.05, 0.1) is 7.11 Å². The number of hydrogen-bond acceptors (Lipinski definition) is 5. The Kier molecular flexibility index (Phi) is 3.93. The average Bonchev–Trinajstić information content (AvgIpc) is 2.85. The number of benzene rings is 2. The molecule has 0 bridgehead atoms. The van der Waals surface area contributed by atoms with E-state index in [1.165, 1.54) is 7.11 Å². The molecule has 1 aliphatic rings. The van der Waals surface area contributed by atoms with Gasteiger partial charge in [-0.1, -0.05) is 24.3 Å². The second-order valence-electron chi connectivity index (χ2n) is 5.26. The van der Waals surface area contributed by atoms with E-state index < -0.39 is 12.1 Å². The minimum atomic E-state index is -0.501. The summed E-state index contributed by atoms with van der Waals surface area (Å²) in [5.41, 5.74) is 2.34. The third kappa shape index (κ3) is 2.99. The molecule has 3 rings (SSSR count). The second kappa shape index (κ2) is 6.04. The smallest absolute Gasteiger partial charge is 0.374 e. The minimum absolute atomic E-state index is 0.147. The summed E-state index contributed by atoms with van der Waals surface area (Å²) in [5.74, 6) is 0.0107. The molecule has 5 heteroatoms. The Morgan fingerprint density at radius 2 is 1.57 bits per heavy atom. The maximum atomic E-state index is 12.0. The van der Waals surface area contributed by atoms with Crippen LogP contribution in [0.15, 0.2) is 54.3 Å². The van der Waals surface area contributed by atoms with E-state index in [9.17, 15) is 15.0 Å². The predicted molar refractivity (Wildman–Crippen MR) is 83.7 cm³/mol. The highest BCUT2D eigenvalue weighted by Gasteiger charge is 2.36. The molecule has 23 heavy (non-hydrogen) atoms. The first-order valence-corrected chi connectivity index (χ1v) is 7.15. The van der Waals surface area contributed by atoms with Gasteiger partial charge in [0.1, 0.15) is 17.6 Å². The molecule has 1 aliphatic heterocycles. The van der Waals surface area contributed by atoms with E-state index in [4.69, 9.17) is 9.47 Å². The van der Waals surface area contributed by atoms with E-state index in [-0.39, 0.29) is 17.3 Å². The van der Waals surface area contributed by atoms with Crippen LogP contribution in [0.4, 0.5) is 0 Å². The Morgan fingerprint density at radius 1 is 1.00 bits per heavy atom. The number of phenols is 2. The van der Waals surface area contributed by atoms with Crippen LogP contribution in [-0.2, 0) is 20.7 Å². The van der Waals surface area contributed by atoms with Gasteiger partial charge in [-0.3, -0.25) is 0 Å². The van der Waals surface area contributed by atoms with E-state index in [0.717, 1.165) is 11.1 Å². The normalized spacial score (nSPS) is 17.3. The van der Waals surface area contributed by atoms with Gasteiger partial charge in [0, 0.05) is 12.0 Å². The first-order valence-electron chi connectivity index (χ1n) is 7.15. The molecule has 0 aromatic heterocycles. The SMILES string of the molecule is COC1=C(c2ccc(O)cc2)[C@@H](Cc2ccc(O)cc2)OC1=O. The molecule has 0 saturated carbocycles. The quantitative estimate of drug-likeness (QED) is 0.849. The Labute approximate surface area is 133 Å². The number of hydrogen-bond donors (Lipinski definition) is 2. The molecule has 0 radical (unpaired) electrons. The van der Waals surface area contributed by atoms with Crippen LogP contribution in [0.2, 0.25) is 0 Å². The zero-order valence-electron chi connectivity index (χ0n) is 12.5. The molecule has 0 unspecified atom stereocenters. The summed E-state index contributed by atoms with van der Waals surface area (Å²) in [6.07, 6.45) is -0.0127. The van der Waals surface area contributed by atoms with Crippen molar-refractivity contribution >= 4 is 11.5 Å². The third-order valence-corrected chi connectivity index (χ3v) is 3.74. The van der Waals surface area contributed by atoms with Gasteiger partial charge in [-0.25, -0.2) is 4.79 Å². The molecule has 0 saturated heterocycles. The van der Waals surface area contributed by atoms with Gasteiger partial charge in [0.25, 0.3) is 0 Å². The predicted octanol–water partition coefficient (Wildman–Crippen LogP) is 2.62. The monoisotopic (exact) mass is 312 g/mol. The maximum Gasteiger partial charge on any atom is 0.374 e. The Morgan fingerprint density at radius 3 is 2.13 bits per heavy atom. The fourth-order valence-electron chi connectivity index (χ4n) is 2.64. The van der Waals surface area contributed by atoms with Crippen LogP contribution in [0, 0.1) is 0 Å². The number of ether oxygens (including phenoxy) is 2. The fourth-order valence-corrected chi connectivity index (χ4v) is 2.64. The van der Waals surface area contributed by atoms with Crippen molar-refractivity contribution in [3.05, 3.63) is 65.4 Å². The van der Waals surface area contributed by atoms with Crippen LogP contribution in [0.1, 0.15) is 11.1 Å². The number of carbonyl (C=O) groups excluding carboxylic acids is 1. The molecule has 1 atom stereocenters. The first-order chi connectivity index (χ1) is 11.1. The summed E-state index contributed by atoms with van der Waals surface area (Å²) >= 11 is 0. The van der Waals surface area contributed by atoms with Crippen LogP contribution in [0.25, 0.3) is 5.57 Å². The standard InChI is InChI=1S/C18H16O5/c1-22-17-16(12-4-8-14(20)9-5-12)15(23-18(17)21)10-11-2-6-13(19)7-3-11/h2-9,15,19-20H,10H2,1H3/t15-/m1/s1. The lowest BCUT2D eigenvalue weighted by atomic mass is 9.95. The highest BCUT2D eigenvalue weighted by Crippen LogP contribution is 2.34. The largest absolute Gasteiger partial charge is 0.508 e. The number of rotatable bonds is 4. The average molecular weight is 312 g/mol. The van der Waals surface area contributed by atoms with E-state index >= 15 is 0 Å². The molecule has 2 N–H and O–H groups in total. The number of cyclic esters (lactones) is 1. The van der Waals surface area contributed by atoms with Crippen LogP contribution in [0.3, 0.4) is 0 Å². The highest BCUT2D eigenvalue weighted by molar-refractivity contribution is 6.01. The summed E-state index contributed by atoms with van der Waals surface area (Å²) in [4.78, 5) is 12.0. The molecule has 5 nitrogen and oxygen atoms in total. The minimum Gasteiger partial charge on any atom is -0.508 e. The number of esters is 1. The van der Waals surface area contributed by atoms with E-state index in [1.807, 2.05) is 0 Å². The summed E-state index contributed by atoms with van der Waals surface area (Å²) in [5, 5.41) is 18.8. The molecule has 0 fully saturated rings. The first kappa shape index (κ1) is 15.0. The number of methoxy groups -OCH3 is 1. The lowest BCUT2D eigenvalue weighted by molar-refractivity contribution is -0.142. The fraction of sp³-hybridized carbons (Fsp3) is 0.167. The number of phenolic OH excluding ortho intramolecular Hbond substituents is 2. The molecule has 0 aliphatic carbocycles. The highest BCUT2D eigenvalue weighted by atomic mass is 16.6. The molecule has 1 heterocycles. The molecule has 0 spiro atoms. The van der Waals surface area contributed by atoms with Crippen LogP contribution in [0.5, 0.6) is 11.5 Å². The summed E-state index contributed by atoms with van der Waals surface area (Å²) in [6.45, 7) is 0. The van der Waals surface area contributed by atoms with E-state index in [2.05, 4.69) is 0 Å². The second-order valence-corrected chi connectivity index (χ2v) is 5.26. The van der Waals surface area contributed by atoms with Crippen molar-refractivity contribution in [1.82, 2.24) is 0 Å². The van der Waals surface area contributed by atoms with Gasteiger partial charge in [0.15, 0.2) is 0 Å². The molecular weight excluding hydrogens is 296 g/mol. The Hall–Kier alpha value is -2.95. The Bertz CT molecular complexity index is 744. The molecular formula is C18H16O5. The zero-order chi connectivity index (χ0) is 16.4. The molecule has 0 amide bonds.